The Labute approximate surface area is 174 Å². The second-order valence-electron chi connectivity index (χ2n) is 6.58. The molecule has 9 heteroatoms. The molecule has 7 nitrogen and oxygen atoms in total. The van der Waals surface area contributed by atoms with Crippen molar-refractivity contribution in [2.24, 2.45) is 0 Å². The summed E-state index contributed by atoms with van der Waals surface area (Å²) in [6, 6.07) is 9.05. The van der Waals surface area contributed by atoms with E-state index in [-0.39, 0.29) is 23.0 Å². The number of ether oxygens (including phenoxy) is 1. The molecule has 0 unspecified atom stereocenters. The molecule has 0 saturated carbocycles. The molecule has 0 bridgehead atoms. The number of anilines is 1. The van der Waals surface area contributed by atoms with Crippen molar-refractivity contribution >= 4 is 33.2 Å². The molecule has 29 heavy (non-hydrogen) atoms. The Kier molecular flexibility index (Phi) is 5.73. The quantitative estimate of drug-likeness (QED) is 0.724. The number of nitrogens with one attached hydrogen (secondary N) is 1. The number of sulfone groups is 1. The van der Waals surface area contributed by atoms with Gasteiger partial charge >= 0.3 is 5.97 Å². The highest BCUT2D eigenvalue weighted by molar-refractivity contribution is 7.96. The number of hydrogen-bond acceptors (Lipinski definition) is 6. The van der Waals surface area contributed by atoms with E-state index in [4.69, 9.17) is 16.3 Å². The first kappa shape index (κ1) is 21.0. The van der Waals surface area contributed by atoms with E-state index in [1.54, 1.807) is 32.0 Å². The smallest absolute Gasteiger partial charge is 0.356 e. The lowest BCUT2D eigenvalue weighted by molar-refractivity contribution is -0.138. The van der Waals surface area contributed by atoms with Gasteiger partial charge in [-0.25, -0.2) is 13.2 Å². The molecule has 0 saturated heterocycles. The van der Waals surface area contributed by atoms with Crippen LogP contribution in [0.5, 0.6) is 0 Å². The van der Waals surface area contributed by atoms with Gasteiger partial charge in [0, 0.05) is 17.3 Å². The number of benzene rings is 1. The second kappa shape index (κ2) is 7.93. The zero-order valence-electron chi connectivity index (χ0n) is 16.2. The van der Waals surface area contributed by atoms with Crippen molar-refractivity contribution in [3.63, 3.8) is 0 Å². The monoisotopic (exact) mass is 433 g/mol. The standard InChI is InChI=1S/C20H20ClN3O4S/c1-4-28-20(25)17-16(11-22)29(26,27)18-12(2)13(3)24(19(18)23-17)10-9-14-5-7-15(21)8-6-14/h5-8,23H,4,9-10H2,1-3H3. The van der Waals surface area contributed by atoms with Crippen LogP contribution in [-0.4, -0.2) is 25.6 Å². The molecule has 2 aromatic rings. The van der Waals surface area contributed by atoms with Gasteiger partial charge in [0.05, 0.1) is 6.61 Å². The van der Waals surface area contributed by atoms with Crippen molar-refractivity contribution in [2.45, 2.75) is 38.6 Å². The number of hydrogen-bond donors (Lipinski definition) is 1. The normalized spacial score (nSPS) is 14.7. The molecule has 0 radical (unpaired) electrons. The van der Waals surface area contributed by atoms with Crippen LogP contribution in [0.4, 0.5) is 5.82 Å². The van der Waals surface area contributed by atoms with Crippen LogP contribution in [0, 0.1) is 25.2 Å². The van der Waals surface area contributed by atoms with E-state index in [0.29, 0.717) is 23.6 Å². The van der Waals surface area contributed by atoms with Crippen LogP contribution in [0.15, 0.2) is 39.8 Å². The van der Waals surface area contributed by atoms with Gasteiger partial charge in [-0.2, -0.15) is 5.26 Å². The average molecular weight is 434 g/mol. The van der Waals surface area contributed by atoms with Crippen LogP contribution in [0.3, 0.4) is 0 Å². The molecule has 2 heterocycles. The maximum absolute atomic E-state index is 13.1. The number of esters is 1. The van der Waals surface area contributed by atoms with Gasteiger partial charge in [0.1, 0.15) is 16.8 Å². The van der Waals surface area contributed by atoms with Crippen LogP contribution >= 0.6 is 11.6 Å². The zero-order chi connectivity index (χ0) is 21.3. The number of rotatable bonds is 5. The average Bonchev–Trinajstić information content (AvgIpc) is 2.92. The van der Waals surface area contributed by atoms with Crippen LogP contribution in [0.1, 0.15) is 23.7 Å². The number of aromatic nitrogens is 1. The summed E-state index contributed by atoms with van der Waals surface area (Å²) in [7, 11) is -4.15. The Bertz CT molecular complexity index is 1160. The molecular weight excluding hydrogens is 414 g/mol. The summed E-state index contributed by atoms with van der Waals surface area (Å²) in [6.45, 7) is 5.64. The van der Waals surface area contributed by atoms with Crippen molar-refractivity contribution in [2.75, 3.05) is 11.9 Å². The Hall–Kier alpha value is -2.76. The van der Waals surface area contributed by atoms with E-state index < -0.39 is 20.7 Å². The number of nitriles is 1. The summed E-state index contributed by atoms with van der Waals surface area (Å²) >= 11 is 5.93. The third-order valence-corrected chi connectivity index (χ3v) is 7.02. The molecule has 0 fully saturated rings. The summed E-state index contributed by atoms with van der Waals surface area (Å²) < 4.78 is 32.9. The summed E-state index contributed by atoms with van der Waals surface area (Å²) in [5.74, 6) is -0.602. The maximum Gasteiger partial charge on any atom is 0.356 e. The first-order valence-electron chi connectivity index (χ1n) is 9.00. The van der Waals surface area contributed by atoms with Crippen LogP contribution in [-0.2, 0) is 32.3 Å². The Morgan fingerprint density at radius 2 is 1.93 bits per heavy atom. The van der Waals surface area contributed by atoms with Gasteiger partial charge in [-0.15, -0.1) is 0 Å². The summed E-state index contributed by atoms with van der Waals surface area (Å²) in [4.78, 5) is 11.7. The molecule has 3 rings (SSSR count). The van der Waals surface area contributed by atoms with Crippen LogP contribution in [0.25, 0.3) is 0 Å². The number of fused-ring (bicyclic) bond motifs is 1. The fraction of sp³-hybridized carbons (Fsp3) is 0.300. The van der Waals surface area contributed by atoms with Gasteiger partial charge in [0.2, 0.25) is 9.84 Å². The molecule has 0 atom stereocenters. The summed E-state index contributed by atoms with van der Waals surface area (Å²) in [5.41, 5.74) is 1.96. The minimum Gasteiger partial charge on any atom is -0.461 e. The maximum atomic E-state index is 13.1. The lowest BCUT2D eigenvalue weighted by Gasteiger charge is -2.21. The highest BCUT2D eigenvalue weighted by Crippen LogP contribution is 2.40. The van der Waals surface area contributed by atoms with Gasteiger partial charge in [-0.3, -0.25) is 0 Å². The number of aryl methyl sites for hydroxylation is 1. The van der Waals surface area contributed by atoms with E-state index in [1.807, 2.05) is 23.6 Å². The first-order chi connectivity index (χ1) is 13.7. The van der Waals surface area contributed by atoms with Crippen molar-refractivity contribution in [3.05, 3.63) is 56.7 Å². The van der Waals surface area contributed by atoms with E-state index in [1.165, 1.54) is 0 Å². The predicted octanol–water partition coefficient (Wildman–Crippen LogP) is 3.50. The van der Waals surface area contributed by atoms with E-state index >= 15 is 0 Å². The van der Waals surface area contributed by atoms with Gasteiger partial charge in [0.25, 0.3) is 0 Å². The number of halogens is 1. The third kappa shape index (κ3) is 3.63. The van der Waals surface area contributed by atoms with Crippen LogP contribution in [0.2, 0.25) is 5.02 Å². The topological polar surface area (TPSA) is 101 Å². The molecule has 1 N–H and O–H groups in total. The van der Waals surface area contributed by atoms with E-state index in [9.17, 15) is 18.5 Å². The van der Waals surface area contributed by atoms with Gasteiger partial charge in [-0.1, -0.05) is 23.7 Å². The van der Waals surface area contributed by atoms with E-state index in [2.05, 4.69) is 5.32 Å². The van der Waals surface area contributed by atoms with Crippen molar-refractivity contribution in [1.29, 1.82) is 5.26 Å². The number of carbonyl (C=O) groups is 1. The van der Waals surface area contributed by atoms with Crippen molar-refractivity contribution in [1.82, 2.24) is 4.57 Å². The lowest BCUT2D eigenvalue weighted by atomic mass is 10.1. The molecule has 0 aliphatic carbocycles. The molecule has 0 amide bonds. The van der Waals surface area contributed by atoms with Crippen molar-refractivity contribution in [3.8, 4) is 6.07 Å². The summed E-state index contributed by atoms with van der Waals surface area (Å²) in [5, 5.41) is 12.9. The third-order valence-electron chi connectivity index (χ3n) is 4.90. The van der Waals surface area contributed by atoms with Crippen molar-refractivity contribution < 1.29 is 17.9 Å². The highest BCUT2D eigenvalue weighted by Gasteiger charge is 2.40. The Morgan fingerprint density at radius 3 is 2.52 bits per heavy atom. The molecule has 1 aromatic carbocycles. The van der Waals surface area contributed by atoms with Gasteiger partial charge < -0.3 is 14.6 Å². The fourth-order valence-corrected chi connectivity index (χ4v) is 5.15. The Morgan fingerprint density at radius 1 is 1.28 bits per heavy atom. The molecule has 152 valence electrons. The van der Waals surface area contributed by atoms with E-state index in [0.717, 1.165) is 11.3 Å². The molecular formula is C20H20ClN3O4S. The zero-order valence-corrected chi connectivity index (χ0v) is 17.8. The van der Waals surface area contributed by atoms with Crippen LogP contribution < -0.4 is 5.32 Å². The number of allylic oxidation sites excluding steroid dienone is 1. The second-order valence-corrected chi connectivity index (χ2v) is 8.84. The van der Waals surface area contributed by atoms with Gasteiger partial charge in [-0.05, 0) is 50.5 Å². The fourth-order valence-electron chi connectivity index (χ4n) is 3.33. The highest BCUT2D eigenvalue weighted by atomic mass is 35.5. The summed E-state index contributed by atoms with van der Waals surface area (Å²) in [6.07, 6.45) is 0.629. The molecule has 1 aliphatic rings. The number of nitrogens with zero attached hydrogens (tertiary/aromatic N) is 2. The van der Waals surface area contributed by atoms with Gasteiger partial charge in [0.15, 0.2) is 10.6 Å². The predicted molar refractivity (Wildman–Crippen MR) is 109 cm³/mol. The largest absolute Gasteiger partial charge is 0.461 e. The molecule has 1 aromatic heterocycles. The first-order valence-corrected chi connectivity index (χ1v) is 10.9. The minimum atomic E-state index is -4.15. The molecule has 0 spiro atoms. The molecule has 1 aliphatic heterocycles. The Balaban J connectivity index is 2.07. The number of carbonyl (C=O) groups excluding carboxylic acids is 1. The SMILES string of the molecule is CCOC(=O)C1=C(C#N)S(=O)(=O)c2c(C)c(C)n(CCc3ccc(Cl)cc3)c2N1. The lowest BCUT2D eigenvalue weighted by Crippen LogP contribution is -2.26. The minimum absolute atomic E-state index is 0.0238.